The van der Waals surface area contributed by atoms with E-state index in [9.17, 15) is 4.79 Å². The van der Waals surface area contributed by atoms with Crippen molar-refractivity contribution in [3.05, 3.63) is 70.1 Å². The number of nitrogens with zero attached hydrogens (tertiary/aromatic N) is 2. The lowest BCUT2D eigenvalue weighted by molar-refractivity contribution is -0.113. The van der Waals surface area contributed by atoms with E-state index in [-0.39, 0.29) is 5.91 Å². The Morgan fingerprint density at radius 1 is 1.12 bits per heavy atom. The Morgan fingerprint density at radius 3 is 2.40 bits per heavy atom. The monoisotopic (exact) mass is 368 g/mol. The molecule has 0 aromatic heterocycles. The van der Waals surface area contributed by atoms with Crippen molar-refractivity contribution < 1.29 is 4.79 Å². The molecule has 1 aliphatic rings. The molecule has 3 nitrogen and oxygen atoms in total. The molecule has 25 heavy (non-hydrogen) atoms. The summed E-state index contributed by atoms with van der Waals surface area (Å²) in [4.78, 5) is 18.8. The highest BCUT2D eigenvalue weighted by Crippen LogP contribution is 2.32. The maximum atomic E-state index is 11.8. The molecule has 2 aromatic carbocycles. The van der Waals surface area contributed by atoms with Crippen LogP contribution in [0, 0.1) is 6.92 Å². The van der Waals surface area contributed by atoms with Crippen molar-refractivity contribution in [3.63, 3.8) is 0 Å². The van der Waals surface area contributed by atoms with Gasteiger partial charge >= 0.3 is 0 Å². The Kier molecular flexibility index (Phi) is 5.66. The topological polar surface area (TPSA) is 32.7 Å². The molecule has 0 fully saturated rings. The molecule has 1 heterocycles. The lowest BCUT2D eigenvalue weighted by atomic mass is 10.1. The summed E-state index contributed by atoms with van der Waals surface area (Å²) in [5, 5.41) is 0. The molecule has 0 aliphatic carbocycles. The first-order chi connectivity index (χ1) is 12.0. The second-order valence-electron chi connectivity index (χ2n) is 5.93. The van der Waals surface area contributed by atoms with E-state index in [2.05, 4.69) is 72.4 Å². The summed E-state index contributed by atoms with van der Waals surface area (Å²) in [6.07, 6.45) is 3.84. The normalized spacial score (nSPS) is 15.6. The van der Waals surface area contributed by atoms with Crippen LogP contribution in [0.25, 0.3) is 6.08 Å². The lowest BCUT2D eigenvalue weighted by Crippen LogP contribution is -2.16. The molecule has 2 aromatic rings. The molecule has 5 heteroatoms. The molecule has 0 radical (unpaired) electrons. The number of rotatable bonds is 4. The van der Waals surface area contributed by atoms with Crippen molar-refractivity contribution in [2.45, 2.75) is 13.5 Å². The molecular formula is C20H20N2OS2. The quantitative estimate of drug-likeness (QED) is 0.714. The van der Waals surface area contributed by atoms with Crippen LogP contribution in [-0.4, -0.2) is 23.6 Å². The fourth-order valence-corrected chi connectivity index (χ4v) is 3.93. The van der Waals surface area contributed by atoms with Gasteiger partial charge in [-0.2, -0.15) is 4.99 Å². The predicted molar refractivity (Wildman–Crippen MR) is 111 cm³/mol. The summed E-state index contributed by atoms with van der Waals surface area (Å²) in [5.74, 6) is -0.141. The summed E-state index contributed by atoms with van der Waals surface area (Å²) < 4.78 is 0.813. The van der Waals surface area contributed by atoms with Gasteiger partial charge in [0.25, 0.3) is 5.91 Å². The van der Waals surface area contributed by atoms with Gasteiger partial charge in [0.1, 0.15) is 4.38 Å². The first kappa shape index (κ1) is 17.8. The third-order valence-electron chi connectivity index (χ3n) is 3.95. The highest BCUT2D eigenvalue weighted by atomic mass is 32.2. The van der Waals surface area contributed by atoms with Gasteiger partial charge in [0.15, 0.2) is 0 Å². The Hall–Kier alpha value is -1.98. The van der Waals surface area contributed by atoms with E-state index in [0.717, 1.165) is 16.5 Å². The van der Waals surface area contributed by atoms with Gasteiger partial charge in [-0.15, -0.1) is 11.8 Å². The molecule has 128 valence electrons. The Morgan fingerprint density at radius 2 is 1.80 bits per heavy atom. The third-order valence-corrected chi connectivity index (χ3v) is 5.92. The summed E-state index contributed by atoms with van der Waals surface area (Å²) in [7, 11) is 2.09. The molecular weight excluding hydrogens is 348 g/mol. The first-order valence-corrected chi connectivity index (χ1v) is 10.0. The van der Waals surface area contributed by atoms with Crippen LogP contribution in [0.5, 0.6) is 0 Å². The molecule has 0 saturated heterocycles. The SMILES string of the molecule is CSC1=NC(=O)/C(=C/c2ccc(CN(C)c3ccc(C)cc3)cc2)S1. The van der Waals surface area contributed by atoms with Crippen LogP contribution in [0.1, 0.15) is 16.7 Å². The van der Waals surface area contributed by atoms with Gasteiger partial charge in [-0.25, -0.2) is 0 Å². The van der Waals surface area contributed by atoms with E-state index >= 15 is 0 Å². The number of hydrogen-bond donors (Lipinski definition) is 0. The second kappa shape index (κ2) is 7.93. The molecule has 0 bridgehead atoms. The van der Waals surface area contributed by atoms with E-state index in [0.29, 0.717) is 4.91 Å². The van der Waals surface area contributed by atoms with E-state index < -0.39 is 0 Å². The second-order valence-corrected chi connectivity index (χ2v) is 8.01. The van der Waals surface area contributed by atoms with Crippen LogP contribution in [0.2, 0.25) is 0 Å². The predicted octanol–water partition coefficient (Wildman–Crippen LogP) is 4.96. The lowest BCUT2D eigenvalue weighted by Gasteiger charge is -2.19. The van der Waals surface area contributed by atoms with Crippen LogP contribution in [0.15, 0.2) is 58.4 Å². The van der Waals surface area contributed by atoms with Crippen LogP contribution < -0.4 is 4.90 Å². The zero-order valence-corrected chi connectivity index (χ0v) is 16.2. The Labute approximate surface area is 157 Å². The number of hydrogen-bond acceptors (Lipinski definition) is 4. The molecule has 0 spiro atoms. The molecule has 3 rings (SSSR count). The van der Waals surface area contributed by atoms with Crippen LogP contribution in [-0.2, 0) is 11.3 Å². The zero-order chi connectivity index (χ0) is 17.8. The van der Waals surface area contributed by atoms with E-state index in [4.69, 9.17) is 0 Å². The summed E-state index contributed by atoms with van der Waals surface area (Å²) in [6, 6.07) is 16.9. The number of aliphatic imine (C=N–C) groups is 1. The van der Waals surface area contributed by atoms with Gasteiger partial charge in [0, 0.05) is 19.3 Å². The summed E-state index contributed by atoms with van der Waals surface area (Å²) >= 11 is 2.95. The number of aryl methyl sites for hydroxylation is 1. The fraction of sp³-hybridized carbons (Fsp3) is 0.200. The number of anilines is 1. The molecule has 0 unspecified atom stereocenters. The van der Waals surface area contributed by atoms with Crippen molar-refractivity contribution >= 4 is 45.6 Å². The van der Waals surface area contributed by atoms with Gasteiger partial charge in [0.2, 0.25) is 0 Å². The first-order valence-electron chi connectivity index (χ1n) is 7.98. The molecule has 0 atom stereocenters. The molecule has 0 N–H and O–H groups in total. The zero-order valence-electron chi connectivity index (χ0n) is 14.5. The fourth-order valence-electron chi connectivity index (χ4n) is 2.51. The smallest absolute Gasteiger partial charge is 0.285 e. The minimum atomic E-state index is -0.141. The standard InChI is InChI=1S/C20H20N2OS2/c1-14-4-10-17(11-5-14)22(2)13-16-8-6-15(7-9-16)12-18-19(23)21-20(24-3)25-18/h4-12H,13H2,1-3H3/b18-12-. The number of amides is 1. The molecule has 0 saturated carbocycles. The Balaban J connectivity index is 1.66. The van der Waals surface area contributed by atoms with E-state index in [1.165, 1.54) is 40.3 Å². The minimum Gasteiger partial charge on any atom is -0.370 e. The average molecular weight is 369 g/mol. The van der Waals surface area contributed by atoms with Crippen LogP contribution >= 0.6 is 23.5 Å². The van der Waals surface area contributed by atoms with Crippen molar-refractivity contribution in [2.75, 3.05) is 18.2 Å². The number of carbonyl (C=O) groups is 1. The van der Waals surface area contributed by atoms with E-state index in [1.807, 2.05) is 12.3 Å². The number of thioether (sulfide) groups is 2. The van der Waals surface area contributed by atoms with Crippen molar-refractivity contribution in [1.82, 2.24) is 0 Å². The van der Waals surface area contributed by atoms with Gasteiger partial charge in [0.05, 0.1) is 4.91 Å². The number of benzene rings is 2. The van der Waals surface area contributed by atoms with Crippen LogP contribution in [0.3, 0.4) is 0 Å². The highest BCUT2D eigenvalue weighted by molar-refractivity contribution is 8.40. The van der Waals surface area contributed by atoms with Crippen molar-refractivity contribution in [2.24, 2.45) is 4.99 Å². The third kappa shape index (κ3) is 4.55. The van der Waals surface area contributed by atoms with E-state index in [1.54, 1.807) is 0 Å². The molecule has 1 aliphatic heterocycles. The molecule has 1 amide bonds. The van der Waals surface area contributed by atoms with Crippen LogP contribution in [0.4, 0.5) is 5.69 Å². The average Bonchev–Trinajstić information content (AvgIpc) is 2.97. The van der Waals surface area contributed by atoms with Gasteiger partial charge in [-0.1, -0.05) is 53.7 Å². The maximum absolute atomic E-state index is 11.8. The van der Waals surface area contributed by atoms with Crippen molar-refractivity contribution in [1.29, 1.82) is 0 Å². The van der Waals surface area contributed by atoms with Gasteiger partial charge in [-0.3, -0.25) is 4.79 Å². The number of carbonyl (C=O) groups excluding carboxylic acids is 1. The minimum absolute atomic E-state index is 0.141. The summed E-state index contributed by atoms with van der Waals surface area (Å²) in [6.45, 7) is 2.94. The van der Waals surface area contributed by atoms with Crippen molar-refractivity contribution in [3.8, 4) is 0 Å². The maximum Gasteiger partial charge on any atom is 0.285 e. The Bertz CT molecular complexity index is 824. The summed E-state index contributed by atoms with van der Waals surface area (Å²) in [5.41, 5.74) is 4.72. The van der Waals surface area contributed by atoms with Gasteiger partial charge < -0.3 is 4.90 Å². The highest BCUT2D eigenvalue weighted by Gasteiger charge is 2.20. The van der Waals surface area contributed by atoms with Gasteiger partial charge in [-0.05, 0) is 42.5 Å². The largest absolute Gasteiger partial charge is 0.370 e.